The van der Waals surface area contributed by atoms with Crippen molar-refractivity contribution in [3.63, 3.8) is 0 Å². The Morgan fingerprint density at radius 3 is 2.32 bits per heavy atom. The third kappa shape index (κ3) is 5.35. The van der Waals surface area contributed by atoms with Gasteiger partial charge in [-0.15, -0.1) is 0 Å². The highest BCUT2D eigenvalue weighted by atomic mass is 35.5. The third-order valence-corrected chi connectivity index (χ3v) is 11.3. The summed E-state index contributed by atoms with van der Waals surface area (Å²) in [6.07, 6.45) is 1.79. The molecule has 0 spiro atoms. The third-order valence-electron chi connectivity index (χ3n) is 11.0. The van der Waals surface area contributed by atoms with E-state index in [2.05, 4.69) is 5.43 Å². The van der Waals surface area contributed by atoms with E-state index in [-0.39, 0.29) is 36.4 Å². The highest BCUT2D eigenvalue weighted by Gasteiger charge is 2.70. The number of urea groups is 1. The summed E-state index contributed by atoms with van der Waals surface area (Å²) in [6.45, 7) is 0.222. The Hall–Kier alpha value is -6.01. The molecule has 4 aromatic carbocycles. The predicted octanol–water partition coefficient (Wildman–Crippen LogP) is 5.83. The number of aromatic hydroxyl groups is 1. The van der Waals surface area contributed by atoms with Crippen molar-refractivity contribution >= 4 is 46.9 Å². The van der Waals surface area contributed by atoms with Crippen LogP contribution in [0.3, 0.4) is 0 Å². The molecule has 4 aliphatic rings. The molecule has 4 N–H and O–H groups in total. The Morgan fingerprint density at radius 1 is 0.925 bits per heavy atom. The van der Waals surface area contributed by atoms with Gasteiger partial charge in [0.2, 0.25) is 11.8 Å². The summed E-state index contributed by atoms with van der Waals surface area (Å²) in [6, 6.07) is 24.7. The molecule has 4 aromatic rings. The number of amides is 6. The molecule has 2 saturated heterocycles. The molecule has 3 fully saturated rings. The van der Waals surface area contributed by atoms with E-state index >= 15 is 4.79 Å². The number of ether oxygens (including phenoxy) is 1. The normalized spacial score (nSPS) is 26.2. The first-order valence-electron chi connectivity index (χ1n) is 17.0. The average Bonchev–Trinajstić information content (AvgIpc) is 3.53. The van der Waals surface area contributed by atoms with Gasteiger partial charge in [0.1, 0.15) is 23.9 Å². The fourth-order valence-electron chi connectivity index (χ4n) is 8.82. The molecule has 11 nitrogen and oxygen atoms in total. The van der Waals surface area contributed by atoms with Crippen LogP contribution in [0, 0.1) is 29.5 Å². The molecule has 0 radical (unpaired) electrons. The maximum Gasteiger partial charge on any atom is 0.328 e. The lowest BCUT2D eigenvalue weighted by atomic mass is 9.49. The van der Waals surface area contributed by atoms with Crippen LogP contribution in [-0.4, -0.2) is 44.7 Å². The molecule has 6 amide bonds. The number of rotatable bonds is 7. The molecule has 53 heavy (non-hydrogen) atoms. The largest absolute Gasteiger partial charge is 0.508 e. The molecule has 0 unspecified atom stereocenters. The van der Waals surface area contributed by atoms with Gasteiger partial charge >= 0.3 is 6.03 Å². The van der Waals surface area contributed by atoms with Gasteiger partial charge in [0.15, 0.2) is 0 Å². The number of allylic oxidation sites excluding steroid dienone is 2. The van der Waals surface area contributed by atoms with Gasteiger partial charge in [-0.05, 0) is 72.4 Å². The van der Waals surface area contributed by atoms with E-state index in [9.17, 15) is 28.7 Å². The number of imide groups is 4. The number of primary amides is 1. The standard InChI is InChI=1S/C40H32ClFN4O7/c41-23-8-6-22(7-9-23)40-31(36(49)46(38(40)51)44-25-12-10-24(42)11-13-25)19-30-27(16-17-29-33(30)37(50)45(35(29)48)39(43)52)34(40)28-15-14-26(18-32(28)47)53-20-21-4-2-1-3-5-21/h1-16,18,29-31,33-34,44,47H,17,19-20H2,(H2,43,52)/t29-,30+,31-,33-,34+,40+/m0/s1. The lowest BCUT2D eigenvalue weighted by Crippen LogP contribution is -2.53. The Bertz CT molecular complexity index is 2210. The highest BCUT2D eigenvalue weighted by Crippen LogP contribution is 2.65. The minimum atomic E-state index is -1.71. The maximum atomic E-state index is 15.2. The Labute approximate surface area is 307 Å². The van der Waals surface area contributed by atoms with Crippen molar-refractivity contribution in [3.05, 3.63) is 136 Å². The second kappa shape index (κ2) is 12.9. The Balaban J connectivity index is 1.31. The molecule has 268 valence electrons. The van der Waals surface area contributed by atoms with Crippen molar-refractivity contribution in [2.24, 2.45) is 29.4 Å². The van der Waals surface area contributed by atoms with Crippen LogP contribution < -0.4 is 15.9 Å². The molecule has 6 atom stereocenters. The summed E-state index contributed by atoms with van der Waals surface area (Å²) in [5.74, 6) is -8.11. The van der Waals surface area contributed by atoms with Gasteiger partial charge in [-0.1, -0.05) is 71.8 Å². The van der Waals surface area contributed by atoms with E-state index in [1.165, 1.54) is 30.3 Å². The van der Waals surface area contributed by atoms with Crippen molar-refractivity contribution in [2.45, 2.75) is 30.8 Å². The zero-order valence-corrected chi connectivity index (χ0v) is 28.7. The van der Waals surface area contributed by atoms with E-state index in [4.69, 9.17) is 22.1 Å². The molecule has 2 heterocycles. The van der Waals surface area contributed by atoms with Crippen molar-refractivity contribution in [1.29, 1.82) is 0 Å². The molecule has 8 rings (SSSR count). The van der Waals surface area contributed by atoms with E-state index in [0.717, 1.165) is 10.6 Å². The smallest absolute Gasteiger partial charge is 0.328 e. The summed E-state index contributed by atoms with van der Waals surface area (Å²) in [4.78, 5) is 69.9. The Morgan fingerprint density at radius 2 is 1.64 bits per heavy atom. The van der Waals surface area contributed by atoms with Gasteiger partial charge < -0.3 is 15.6 Å². The number of hydrogen-bond donors (Lipinski definition) is 3. The first kappa shape index (κ1) is 34.1. The van der Waals surface area contributed by atoms with Crippen LogP contribution in [0.4, 0.5) is 14.9 Å². The second-order valence-electron chi connectivity index (χ2n) is 13.7. The van der Waals surface area contributed by atoms with Crippen LogP contribution in [0.5, 0.6) is 11.5 Å². The topological polar surface area (TPSA) is 159 Å². The number of phenolic OH excluding ortho intramolecular Hbond substituents is 1. The van der Waals surface area contributed by atoms with Gasteiger partial charge in [0.05, 0.1) is 28.9 Å². The van der Waals surface area contributed by atoms with E-state index in [1.807, 2.05) is 30.3 Å². The van der Waals surface area contributed by atoms with Gasteiger partial charge in [-0.3, -0.25) is 24.6 Å². The summed E-state index contributed by atoms with van der Waals surface area (Å²) in [5.41, 5.74) is 9.09. The molecule has 1 saturated carbocycles. The molecule has 2 aliphatic heterocycles. The number of nitrogens with two attached hydrogens (primary N) is 1. The summed E-state index contributed by atoms with van der Waals surface area (Å²) >= 11 is 6.33. The van der Waals surface area contributed by atoms with Crippen molar-refractivity contribution in [1.82, 2.24) is 9.91 Å². The predicted molar refractivity (Wildman–Crippen MR) is 189 cm³/mol. The van der Waals surface area contributed by atoms with Crippen LogP contribution in [0.15, 0.2) is 109 Å². The number of hydrazine groups is 1. The monoisotopic (exact) mass is 734 g/mol. The zero-order chi connectivity index (χ0) is 37.2. The molecule has 2 aliphatic carbocycles. The van der Waals surface area contributed by atoms with Crippen LogP contribution in [0.1, 0.15) is 35.4 Å². The van der Waals surface area contributed by atoms with Crippen LogP contribution in [0.25, 0.3) is 0 Å². The van der Waals surface area contributed by atoms with Gasteiger partial charge in [0.25, 0.3) is 11.8 Å². The second-order valence-corrected chi connectivity index (χ2v) is 14.2. The number of carbonyl (C=O) groups is 5. The lowest BCUT2D eigenvalue weighted by molar-refractivity contribution is -0.139. The van der Waals surface area contributed by atoms with Gasteiger partial charge in [0, 0.05) is 22.6 Å². The quantitative estimate of drug-likeness (QED) is 0.158. The molecule has 13 heteroatoms. The van der Waals surface area contributed by atoms with Crippen molar-refractivity contribution in [3.8, 4) is 11.5 Å². The van der Waals surface area contributed by atoms with Gasteiger partial charge in [-0.2, -0.15) is 9.91 Å². The number of benzene rings is 4. The minimum Gasteiger partial charge on any atom is -0.508 e. The number of hydrogen-bond acceptors (Lipinski definition) is 8. The Kier molecular flexibility index (Phi) is 8.29. The summed E-state index contributed by atoms with van der Waals surface area (Å²) < 4.78 is 19.8. The number of nitrogens with one attached hydrogen (secondary N) is 1. The van der Waals surface area contributed by atoms with E-state index in [1.54, 1.807) is 42.5 Å². The average molecular weight is 735 g/mol. The first-order chi connectivity index (χ1) is 25.5. The number of likely N-dealkylation sites (tertiary alicyclic amines) is 1. The van der Waals surface area contributed by atoms with E-state index in [0.29, 0.717) is 26.8 Å². The van der Waals surface area contributed by atoms with Crippen LogP contribution >= 0.6 is 11.6 Å². The number of phenols is 1. The van der Waals surface area contributed by atoms with Crippen LogP contribution in [-0.2, 0) is 31.2 Å². The number of carbonyl (C=O) groups excluding carboxylic acids is 5. The molecule has 0 aromatic heterocycles. The molecular formula is C40H32ClFN4O7. The number of nitrogens with zero attached hydrogens (tertiary/aromatic N) is 2. The highest BCUT2D eigenvalue weighted by molar-refractivity contribution is 6.30. The van der Waals surface area contributed by atoms with Gasteiger partial charge in [-0.25, -0.2) is 9.18 Å². The van der Waals surface area contributed by atoms with Crippen molar-refractivity contribution in [2.75, 3.05) is 5.43 Å². The maximum absolute atomic E-state index is 15.2. The summed E-state index contributed by atoms with van der Waals surface area (Å²) in [7, 11) is 0. The fraction of sp³-hybridized carbons (Fsp3) is 0.225. The number of anilines is 1. The molecular weight excluding hydrogens is 703 g/mol. The zero-order valence-electron chi connectivity index (χ0n) is 27.9. The lowest BCUT2D eigenvalue weighted by Gasteiger charge is -2.50. The minimum absolute atomic E-state index is 0.0526. The van der Waals surface area contributed by atoms with Crippen molar-refractivity contribution < 1.29 is 38.2 Å². The number of halogens is 2. The summed E-state index contributed by atoms with van der Waals surface area (Å²) in [5, 5.41) is 13.1. The van der Waals surface area contributed by atoms with E-state index < -0.39 is 70.5 Å². The SMILES string of the molecule is NC(=O)N1C(=O)[C@H]2[C@H](CC=C3[C@H]2C[C@H]2C(=O)N(Nc4ccc(F)cc4)C(=O)[C@@]2(c2ccc(Cl)cc2)[C@H]3c2ccc(OCc3ccccc3)cc2O)C1=O. The van der Waals surface area contributed by atoms with Crippen LogP contribution in [0.2, 0.25) is 5.02 Å². The number of fused-ring (bicyclic) bond motifs is 4. The molecule has 0 bridgehead atoms. The first-order valence-corrected chi connectivity index (χ1v) is 17.4. The fourth-order valence-corrected chi connectivity index (χ4v) is 8.94.